The fourth-order valence-corrected chi connectivity index (χ4v) is 3.74. The lowest BCUT2D eigenvalue weighted by Gasteiger charge is -2.09. The van der Waals surface area contributed by atoms with Crippen LogP contribution in [0.2, 0.25) is 0 Å². The highest BCUT2D eigenvalue weighted by molar-refractivity contribution is 9.10. The van der Waals surface area contributed by atoms with Crippen molar-refractivity contribution < 1.29 is 9.72 Å². The van der Waals surface area contributed by atoms with E-state index in [0.29, 0.717) is 0 Å². The molecule has 0 unspecified atom stereocenters. The lowest BCUT2D eigenvalue weighted by atomic mass is 10.2. The van der Waals surface area contributed by atoms with Crippen LogP contribution in [0.4, 0.5) is 5.69 Å². The van der Waals surface area contributed by atoms with Gasteiger partial charge in [-0.1, -0.05) is 15.9 Å². The minimum Gasteiger partial charge on any atom is -0.317 e. The summed E-state index contributed by atoms with van der Waals surface area (Å²) in [7, 11) is 0. The summed E-state index contributed by atoms with van der Waals surface area (Å²) in [5.41, 5.74) is 6.49. The molecule has 3 aromatic rings. The van der Waals surface area contributed by atoms with E-state index in [4.69, 9.17) is 0 Å². The largest absolute Gasteiger partial charge is 0.317 e. The summed E-state index contributed by atoms with van der Waals surface area (Å²) in [5, 5.41) is 14.7. The first-order valence-corrected chi connectivity index (χ1v) is 10.1. The number of carbonyl (C=O) groups excluding carboxylic acids is 1. The fraction of sp³-hybridized carbons (Fsp3) is 0.100. The second-order valence-electron chi connectivity index (χ2n) is 6.21. The second kappa shape index (κ2) is 8.71. The molecule has 148 valence electrons. The van der Waals surface area contributed by atoms with Crippen LogP contribution in [0, 0.1) is 24.0 Å². The number of nitrogens with zero attached hydrogens (tertiary/aromatic N) is 3. The molecule has 0 aliphatic rings. The zero-order chi connectivity index (χ0) is 21.1. The molecule has 3 rings (SSSR count). The van der Waals surface area contributed by atoms with E-state index in [-0.39, 0.29) is 11.3 Å². The van der Waals surface area contributed by atoms with Gasteiger partial charge in [-0.3, -0.25) is 14.9 Å². The Morgan fingerprint density at radius 3 is 2.28 bits per heavy atom. The minimum absolute atomic E-state index is 0.0747. The summed E-state index contributed by atoms with van der Waals surface area (Å²) < 4.78 is 3.97. The van der Waals surface area contributed by atoms with Crippen LogP contribution in [0.25, 0.3) is 5.69 Å². The Balaban J connectivity index is 1.80. The lowest BCUT2D eigenvalue weighted by Crippen LogP contribution is -2.17. The van der Waals surface area contributed by atoms with E-state index in [9.17, 15) is 14.9 Å². The standard InChI is InChI=1S/C20H16Br2N4O3/c1-12-18(19(22)13(2)25(12)16-9-5-15(21)6-10-16)11-23-24-20(27)14-3-7-17(8-4-14)26(28)29/h3-11H,1-2H3,(H,24,27)/b23-11-. The zero-order valence-corrected chi connectivity index (χ0v) is 18.7. The van der Waals surface area contributed by atoms with Gasteiger partial charge in [-0.05, 0) is 66.2 Å². The Hall–Kier alpha value is -2.78. The smallest absolute Gasteiger partial charge is 0.271 e. The molecule has 0 atom stereocenters. The van der Waals surface area contributed by atoms with E-state index in [2.05, 4.69) is 47.0 Å². The van der Waals surface area contributed by atoms with Crippen molar-refractivity contribution in [2.75, 3.05) is 0 Å². The van der Waals surface area contributed by atoms with Crippen LogP contribution < -0.4 is 5.43 Å². The SMILES string of the molecule is Cc1c(Br)c(/C=N\NC(=O)c2ccc([N+](=O)[O-])cc2)c(C)n1-c1ccc(Br)cc1. The predicted octanol–water partition coefficient (Wildman–Crippen LogP) is 5.29. The van der Waals surface area contributed by atoms with Gasteiger partial charge < -0.3 is 4.57 Å². The number of nitrogens with one attached hydrogen (secondary N) is 1. The van der Waals surface area contributed by atoms with E-state index in [1.165, 1.54) is 24.3 Å². The van der Waals surface area contributed by atoms with Gasteiger partial charge in [0.15, 0.2) is 0 Å². The van der Waals surface area contributed by atoms with Crippen LogP contribution >= 0.6 is 31.9 Å². The summed E-state index contributed by atoms with van der Waals surface area (Å²) in [6, 6.07) is 13.3. The van der Waals surface area contributed by atoms with E-state index in [1.54, 1.807) is 6.21 Å². The van der Waals surface area contributed by atoms with Crippen LogP contribution in [0.5, 0.6) is 0 Å². The Morgan fingerprint density at radius 2 is 1.69 bits per heavy atom. The van der Waals surface area contributed by atoms with E-state index in [0.717, 1.165) is 31.6 Å². The monoisotopic (exact) mass is 518 g/mol. The summed E-state index contributed by atoms with van der Waals surface area (Å²) >= 11 is 7.04. The maximum atomic E-state index is 12.2. The van der Waals surface area contributed by atoms with Crippen molar-refractivity contribution in [2.24, 2.45) is 5.10 Å². The van der Waals surface area contributed by atoms with Crippen LogP contribution in [0.15, 0.2) is 62.6 Å². The van der Waals surface area contributed by atoms with Crippen molar-refractivity contribution in [1.82, 2.24) is 9.99 Å². The minimum atomic E-state index is -0.515. The van der Waals surface area contributed by atoms with E-state index < -0.39 is 10.8 Å². The topological polar surface area (TPSA) is 89.5 Å². The third-order valence-electron chi connectivity index (χ3n) is 4.40. The molecule has 0 saturated heterocycles. The Kier molecular flexibility index (Phi) is 6.29. The maximum absolute atomic E-state index is 12.2. The molecular formula is C20H16Br2N4O3. The molecule has 0 aliphatic carbocycles. The number of aromatic nitrogens is 1. The van der Waals surface area contributed by atoms with Crippen molar-refractivity contribution >= 4 is 49.7 Å². The molecule has 0 fully saturated rings. The quantitative estimate of drug-likeness (QED) is 0.282. The molecule has 0 bridgehead atoms. The predicted molar refractivity (Wildman–Crippen MR) is 119 cm³/mol. The van der Waals surface area contributed by atoms with Gasteiger partial charge in [-0.15, -0.1) is 0 Å². The maximum Gasteiger partial charge on any atom is 0.271 e. The van der Waals surface area contributed by atoms with Crippen molar-refractivity contribution in [2.45, 2.75) is 13.8 Å². The third-order valence-corrected chi connectivity index (χ3v) is 5.93. The molecule has 1 amide bonds. The first-order chi connectivity index (χ1) is 13.8. The highest BCUT2D eigenvalue weighted by Gasteiger charge is 2.16. The number of hydrogen-bond acceptors (Lipinski definition) is 4. The van der Waals surface area contributed by atoms with Gasteiger partial charge in [0, 0.05) is 49.3 Å². The Labute approximate surface area is 183 Å². The number of rotatable bonds is 5. The highest BCUT2D eigenvalue weighted by Crippen LogP contribution is 2.30. The zero-order valence-electron chi connectivity index (χ0n) is 15.5. The molecule has 1 heterocycles. The van der Waals surface area contributed by atoms with Gasteiger partial charge in [-0.25, -0.2) is 5.43 Å². The Bertz CT molecular complexity index is 1100. The van der Waals surface area contributed by atoms with Crippen molar-refractivity contribution in [3.05, 3.63) is 90.1 Å². The van der Waals surface area contributed by atoms with Crippen LogP contribution in [0.3, 0.4) is 0 Å². The number of nitro groups is 1. The van der Waals surface area contributed by atoms with Gasteiger partial charge in [0.2, 0.25) is 0 Å². The van der Waals surface area contributed by atoms with Gasteiger partial charge >= 0.3 is 0 Å². The number of non-ortho nitro benzene ring substituents is 1. The average molecular weight is 520 g/mol. The molecule has 1 N–H and O–H groups in total. The fourth-order valence-electron chi connectivity index (χ4n) is 2.91. The highest BCUT2D eigenvalue weighted by atomic mass is 79.9. The van der Waals surface area contributed by atoms with Crippen molar-refractivity contribution in [1.29, 1.82) is 0 Å². The summed E-state index contributed by atoms with van der Waals surface area (Å²) in [4.78, 5) is 22.4. The number of carbonyl (C=O) groups is 1. The molecule has 0 aliphatic heterocycles. The summed E-state index contributed by atoms with van der Waals surface area (Å²) in [5.74, 6) is -0.450. The second-order valence-corrected chi connectivity index (χ2v) is 7.92. The number of hydrogen-bond donors (Lipinski definition) is 1. The summed E-state index contributed by atoms with van der Waals surface area (Å²) in [6.07, 6.45) is 1.57. The molecule has 0 saturated carbocycles. The van der Waals surface area contributed by atoms with Gasteiger partial charge in [0.05, 0.1) is 11.1 Å². The molecule has 29 heavy (non-hydrogen) atoms. The first-order valence-electron chi connectivity index (χ1n) is 8.50. The van der Waals surface area contributed by atoms with Gasteiger partial charge in [0.1, 0.15) is 0 Å². The molecule has 9 heteroatoms. The van der Waals surface area contributed by atoms with Crippen LogP contribution in [0.1, 0.15) is 27.3 Å². The molecule has 1 aromatic heterocycles. The number of halogens is 2. The third kappa shape index (κ3) is 4.46. The normalized spacial score (nSPS) is 11.0. The average Bonchev–Trinajstić information content (AvgIpc) is 2.92. The first kappa shape index (κ1) is 20.9. The number of benzene rings is 2. The molecule has 7 nitrogen and oxygen atoms in total. The van der Waals surface area contributed by atoms with Gasteiger partial charge in [0.25, 0.3) is 11.6 Å². The number of hydrazone groups is 1. The number of amides is 1. The van der Waals surface area contributed by atoms with Gasteiger partial charge in [-0.2, -0.15) is 5.10 Å². The number of nitro benzene ring substituents is 1. The van der Waals surface area contributed by atoms with Crippen molar-refractivity contribution in [3.8, 4) is 5.69 Å². The molecule has 0 spiro atoms. The van der Waals surface area contributed by atoms with E-state index >= 15 is 0 Å². The Morgan fingerprint density at radius 1 is 1.07 bits per heavy atom. The molecular weight excluding hydrogens is 504 g/mol. The molecule has 0 radical (unpaired) electrons. The lowest BCUT2D eigenvalue weighted by molar-refractivity contribution is -0.384. The molecule has 2 aromatic carbocycles. The van der Waals surface area contributed by atoms with Crippen LogP contribution in [-0.2, 0) is 0 Å². The van der Waals surface area contributed by atoms with Crippen molar-refractivity contribution in [3.63, 3.8) is 0 Å². The summed E-state index contributed by atoms with van der Waals surface area (Å²) in [6.45, 7) is 3.96. The van der Waals surface area contributed by atoms with Crippen LogP contribution in [-0.4, -0.2) is 21.6 Å². The van der Waals surface area contributed by atoms with E-state index in [1.807, 2.05) is 38.1 Å².